The molecule has 0 atom stereocenters. The predicted octanol–water partition coefficient (Wildman–Crippen LogP) is 1.11. The van der Waals surface area contributed by atoms with E-state index in [2.05, 4.69) is 31.4 Å². The Bertz CT molecular complexity index is 398. The first-order valence-electron chi connectivity index (χ1n) is 4.81. The highest BCUT2D eigenvalue weighted by molar-refractivity contribution is 7.15. The van der Waals surface area contributed by atoms with Crippen LogP contribution >= 0.6 is 11.3 Å². The molecule has 0 radical (unpaired) electrons. The number of hydrogen-bond donors (Lipinski definition) is 1. The summed E-state index contributed by atoms with van der Waals surface area (Å²) in [6.45, 7) is 3.14. The Kier molecular flexibility index (Phi) is 2.01. The molecule has 1 N–H and O–H groups in total. The van der Waals surface area contributed by atoms with Gasteiger partial charge in [-0.1, -0.05) is 0 Å². The fourth-order valence-electron chi connectivity index (χ4n) is 1.77. The van der Waals surface area contributed by atoms with Crippen molar-refractivity contribution in [3.05, 3.63) is 23.5 Å². The Morgan fingerprint density at radius 2 is 2.57 bits per heavy atom. The lowest BCUT2D eigenvalue weighted by atomic mass is 10.4. The van der Waals surface area contributed by atoms with Gasteiger partial charge in [0, 0.05) is 30.9 Å². The minimum atomic E-state index is 0.911. The molecule has 0 aliphatic carbocycles. The van der Waals surface area contributed by atoms with Crippen LogP contribution < -0.4 is 5.43 Å². The molecule has 74 valence electrons. The molecule has 2 aromatic heterocycles. The minimum absolute atomic E-state index is 0.911. The van der Waals surface area contributed by atoms with Gasteiger partial charge >= 0.3 is 0 Å². The lowest BCUT2D eigenvalue weighted by Crippen LogP contribution is -2.30. The van der Waals surface area contributed by atoms with E-state index in [0.29, 0.717) is 0 Å². The van der Waals surface area contributed by atoms with Crippen molar-refractivity contribution in [1.82, 2.24) is 19.8 Å². The van der Waals surface area contributed by atoms with E-state index < -0.39 is 0 Å². The molecule has 1 fully saturated rings. The van der Waals surface area contributed by atoms with Gasteiger partial charge in [-0.05, 0) is 6.42 Å². The van der Waals surface area contributed by atoms with Crippen LogP contribution in [0.15, 0.2) is 17.8 Å². The maximum atomic E-state index is 4.54. The van der Waals surface area contributed by atoms with Crippen LogP contribution in [0.5, 0.6) is 0 Å². The van der Waals surface area contributed by atoms with Gasteiger partial charge < -0.3 is 0 Å². The minimum Gasteiger partial charge on any atom is -0.297 e. The van der Waals surface area contributed by atoms with Crippen LogP contribution in [0.1, 0.15) is 12.1 Å². The van der Waals surface area contributed by atoms with Crippen LogP contribution in [0, 0.1) is 0 Å². The van der Waals surface area contributed by atoms with Gasteiger partial charge in [0.05, 0.1) is 12.2 Å². The van der Waals surface area contributed by atoms with Crippen LogP contribution in [-0.2, 0) is 6.54 Å². The van der Waals surface area contributed by atoms with Crippen molar-refractivity contribution in [2.24, 2.45) is 0 Å². The summed E-state index contributed by atoms with van der Waals surface area (Å²) in [6.07, 6.45) is 5.39. The molecule has 3 rings (SSSR count). The zero-order valence-corrected chi connectivity index (χ0v) is 8.63. The fraction of sp³-hybridized carbons (Fsp3) is 0.444. The summed E-state index contributed by atoms with van der Waals surface area (Å²) >= 11 is 1.68. The van der Waals surface area contributed by atoms with Gasteiger partial charge in [-0.15, -0.1) is 11.3 Å². The van der Waals surface area contributed by atoms with E-state index >= 15 is 0 Å². The highest BCUT2D eigenvalue weighted by Crippen LogP contribution is 2.13. The first kappa shape index (κ1) is 8.40. The van der Waals surface area contributed by atoms with Crippen molar-refractivity contribution < 1.29 is 0 Å². The number of nitrogens with one attached hydrogen (secondary N) is 1. The number of aromatic nitrogens is 2. The third kappa shape index (κ3) is 1.43. The number of imidazole rings is 1. The van der Waals surface area contributed by atoms with E-state index in [4.69, 9.17) is 0 Å². The van der Waals surface area contributed by atoms with Crippen LogP contribution in [0.25, 0.3) is 4.96 Å². The topological polar surface area (TPSA) is 32.6 Å². The van der Waals surface area contributed by atoms with Gasteiger partial charge in [0.1, 0.15) is 0 Å². The first-order chi connectivity index (χ1) is 6.92. The van der Waals surface area contributed by atoms with Gasteiger partial charge in [-0.3, -0.25) is 9.83 Å². The molecule has 1 saturated heterocycles. The van der Waals surface area contributed by atoms with Gasteiger partial charge in [0.15, 0.2) is 4.96 Å². The molecule has 14 heavy (non-hydrogen) atoms. The average Bonchev–Trinajstić information content (AvgIpc) is 2.78. The molecule has 2 aromatic rings. The van der Waals surface area contributed by atoms with E-state index in [1.807, 2.05) is 6.20 Å². The number of fused-ring (bicyclic) bond motifs is 1. The second-order valence-corrected chi connectivity index (χ2v) is 4.38. The summed E-state index contributed by atoms with van der Waals surface area (Å²) in [7, 11) is 0. The smallest absolute Gasteiger partial charge is 0.193 e. The third-order valence-electron chi connectivity index (χ3n) is 2.44. The molecule has 0 bridgehead atoms. The van der Waals surface area contributed by atoms with Crippen LogP contribution in [0.2, 0.25) is 0 Å². The molecule has 4 nitrogen and oxygen atoms in total. The third-order valence-corrected chi connectivity index (χ3v) is 3.21. The maximum Gasteiger partial charge on any atom is 0.193 e. The predicted molar refractivity (Wildman–Crippen MR) is 56.1 cm³/mol. The van der Waals surface area contributed by atoms with Crippen molar-refractivity contribution >= 4 is 16.3 Å². The summed E-state index contributed by atoms with van der Waals surface area (Å²) in [5.41, 5.74) is 4.47. The van der Waals surface area contributed by atoms with Crippen molar-refractivity contribution in [2.75, 3.05) is 13.1 Å². The highest BCUT2D eigenvalue weighted by atomic mass is 32.1. The fourth-order valence-corrected chi connectivity index (χ4v) is 2.49. The van der Waals surface area contributed by atoms with Gasteiger partial charge in [-0.25, -0.2) is 9.99 Å². The summed E-state index contributed by atoms with van der Waals surface area (Å²) in [4.78, 5) is 5.62. The summed E-state index contributed by atoms with van der Waals surface area (Å²) in [6, 6.07) is 0. The van der Waals surface area contributed by atoms with Crippen molar-refractivity contribution in [3.63, 3.8) is 0 Å². The second-order valence-electron chi connectivity index (χ2n) is 3.51. The average molecular weight is 208 g/mol. The van der Waals surface area contributed by atoms with E-state index in [1.54, 1.807) is 11.3 Å². The molecule has 0 amide bonds. The summed E-state index contributed by atoms with van der Waals surface area (Å²) in [5.74, 6) is 0. The van der Waals surface area contributed by atoms with Crippen molar-refractivity contribution in [2.45, 2.75) is 13.0 Å². The van der Waals surface area contributed by atoms with E-state index in [9.17, 15) is 0 Å². The second kappa shape index (κ2) is 3.34. The zero-order chi connectivity index (χ0) is 9.38. The molecule has 3 heterocycles. The number of rotatable bonds is 2. The standard InChI is InChI=1S/C9H12N4S/c1-2-10-13(3-1)7-8-6-12-4-5-14-9(12)11-8/h4-6,10H,1-3,7H2. The van der Waals surface area contributed by atoms with Gasteiger partial charge in [0.2, 0.25) is 0 Å². The van der Waals surface area contributed by atoms with Crippen LogP contribution in [0.4, 0.5) is 0 Å². The summed E-state index contributed by atoms with van der Waals surface area (Å²) in [5, 5.41) is 4.28. The first-order valence-corrected chi connectivity index (χ1v) is 5.69. The molecule has 0 spiro atoms. The van der Waals surface area contributed by atoms with E-state index in [0.717, 1.165) is 30.3 Å². The Morgan fingerprint density at radius 1 is 1.57 bits per heavy atom. The Balaban J connectivity index is 1.80. The molecule has 0 aromatic carbocycles. The van der Waals surface area contributed by atoms with Crippen molar-refractivity contribution in [1.29, 1.82) is 0 Å². The Morgan fingerprint density at radius 3 is 3.36 bits per heavy atom. The lowest BCUT2D eigenvalue weighted by molar-refractivity contribution is 0.242. The van der Waals surface area contributed by atoms with Crippen LogP contribution in [-0.4, -0.2) is 27.5 Å². The Hall–Kier alpha value is -0.910. The number of hydrogen-bond acceptors (Lipinski definition) is 4. The number of hydrazine groups is 1. The van der Waals surface area contributed by atoms with Gasteiger partial charge in [0.25, 0.3) is 0 Å². The SMILES string of the molecule is c1cn2cc(CN3CCCN3)nc2s1. The van der Waals surface area contributed by atoms with Crippen molar-refractivity contribution in [3.8, 4) is 0 Å². The maximum absolute atomic E-state index is 4.54. The number of nitrogens with zero attached hydrogens (tertiary/aromatic N) is 3. The molecule has 1 aliphatic rings. The van der Waals surface area contributed by atoms with E-state index in [-0.39, 0.29) is 0 Å². The lowest BCUT2D eigenvalue weighted by Gasteiger charge is -2.12. The largest absolute Gasteiger partial charge is 0.297 e. The highest BCUT2D eigenvalue weighted by Gasteiger charge is 2.12. The number of thiazole rings is 1. The molecule has 1 aliphatic heterocycles. The Labute approximate surface area is 86.1 Å². The molecule has 0 saturated carbocycles. The normalized spacial score (nSPS) is 18.3. The van der Waals surface area contributed by atoms with E-state index in [1.165, 1.54) is 6.42 Å². The molecule has 5 heteroatoms. The monoisotopic (exact) mass is 208 g/mol. The molecular formula is C9H12N4S. The quantitative estimate of drug-likeness (QED) is 0.802. The van der Waals surface area contributed by atoms with Gasteiger partial charge in [-0.2, -0.15) is 0 Å². The molecular weight excluding hydrogens is 196 g/mol. The zero-order valence-electron chi connectivity index (χ0n) is 7.81. The molecule has 0 unspecified atom stereocenters. The van der Waals surface area contributed by atoms with Crippen LogP contribution in [0.3, 0.4) is 0 Å². The summed E-state index contributed by atoms with van der Waals surface area (Å²) < 4.78 is 2.08.